The monoisotopic (exact) mass is 527 g/mol. The lowest BCUT2D eigenvalue weighted by Gasteiger charge is -2.24. The minimum absolute atomic E-state index is 0. The van der Waals surface area contributed by atoms with Crippen LogP contribution in [0.5, 0.6) is 0 Å². The van der Waals surface area contributed by atoms with Crippen molar-refractivity contribution in [3.05, 3.63) is 29.8 Å². The lowest BCUT2D eigenvalue weighted by molar-refractivity contribution is 0.222. The number of amides is 2. The summed E-state index contributed by atoms with van der Waals surface area (Å²) in [6, 6.07) is 8.09. The highest BCUT2D eigenvalue weighted by atomic mass is 127. The Bertz CT molecular complexity index is 701. The van der Waals surface area contributed by atoms with E-state index in [4.69, 9.17) is 0 Å². The number of likely N-dealkylation sites (tertiary alicyclic amines) is 2. The number of nitrogens with one attached hydrogen (secondary N) is 2. The van der Waals surface area contributed by atoms with Gasteiger partial charge in [0.2, 0.25) is 0 Å². The first-order valence-electron chi connectivity index (χ1n) is 11.2. The first kappa shape index (κ1) is 24.8. The number of aliphatic imine (C=N–C) groups is 1. The van der Waals surface area contributed by atoms with Crippen molar-refractivity contribution in [2.45, 2.75) is 52.5 Å². The third-order valence-electron chi connectivity index (χ3n) is 6.47. The largest absolute Gasteiger partial charge is 0.352 e. The Labute approximate surface area is 198 Å². The number of benzene rings is 1. The second-order valence-corrected chi connectivity index (χ2v) is 8.30. The first-order chi connectivity index (χ1) is 14.1. The molecule has 7 heteroatoms. The number of guanidine groups is 1. The molecule has 2 amide bonds. The maximum absolute atomic E-state index is 12.3. The molecule has 0 saturated carbocycles. The number of carbonyl (C=O) groups excluding carboxylic acids is 1. The van der Waals surface area contributed by atoms with Gasteiger partial charge in [-0.2, -0.15) is 0 Å². The summed E-state index contributed by atoms with van der Waals surface area (Å²) in [5, 5.41) is 6.54. The van der Waals surface area contributed by atoms with Crippen LogP contribution >= 0.6 is 24.0 Å². The predicted octanol–water partition coefficient (Wildman–Crippen LogP) is 4.77. The van der Waals surface area contributed by atoms with Gasteiger partial charge in [0, 0.05) is 45.5 Å². The van der Waals surface area contributed by atoms with E-state index in [-0.39, 0.29) is 30.0 Å². The van der Waals surface area contributed by atoms with Crippen molar-refractivity contribution in [1.29, 1.82) is 0 Å². The van der Waals surface area contributed by atoms with Crippen molar-refractivity contribution >= 4 is 41.7 Å². The van der Waals surface area contributed by atoms with Crippen LogP contribution in [0.2, 0.25) is 0 Å². The Morgan fingerprint density at radius 3 is 2.57 bits per heavy atom. The number of hydrogen-bond donors (Lipinski definition) is 2. The maximum atomic E-state index is 12.3. The van der Waals surface area contributed by atoms with E-state index >= 15 is 0 Å². The zero-order valence-corrected chi connectivity index (χ0v) is 21.0. The molecule has 0 aromatic heterocycles. The van der Waals surface area contributed by atoms with Gasteiger partial charge in [0.25, 0.3) is 0 Å². The summed E-state index contributed by atoms with van der Waals surface area (Å²) in [7, 11) is 1.86. The number of nitrogens with zero attached hydrogens (tertiary/aromatic N) is 3. The molecular formula is C23H38IN5O. The zero-order chi connectivity index (χ0) is 20.6. The summed E-state index contributed by atoms with van der Waals surface area (Å²) in [5.41, 5.74) is 1.99. The summed E-state index contributed by atoms with van der Waals surface area (Å²) in [6.07, 6.45) is 5.98. The van der Waals surface area contributed by atoms with E-state index in [1.165, 1.54) is 19.3 Å². The van der Waals surface area contributed by atoms with Gasteiger partial charge < -0.3 is 20.4 Å². The van der Waals surface area contributed by atoms with Crippen LogP contribution in [0.25, 0.3) is 0 Å². The van der Waals surface area contributed by atoms with E-state index in [1.54, 1.807) is 0 Å². The Kier molecular flexibility index (Phi) is 10.2. The molecule has 0 bridgehead atoms. The predicted molar refractivity (Wildman–Crippen MR) is 136 cm³/mol. The number of carbonyl (C=O) groups is 1. The maximum Gasteiger partial charge on any atom is 0.321 e. The van der Waals surface area contributed by atoms with E-state index < -0.39 is 0 Å². The molecule has 2 N–H and O–H groups in total. The van der Waals surface area contributed by atoms with E-state index in [0.29, 0.717) is 6.54 Å². The highest BCUT2D eigenvalue weighted by molar-refractivity contribution is 14.0. The van der Waals surface area contributed by atoms with Crippen LogP contribution in [-0.4, -0.2) is 55.0 Å². The molecule has 2 fully saturated rings. The van der Waals surface area contributed by atoms with Crippen LogP contribution in [0.1, 0.15) is 51.5 Å². The van der Waals surface area contributed by atoms with Gasteiger partial charge in [0.15, 0.2) is 5.96 Å². The van der Waals surface area contributed by atoms with E-state index in [2.05, 4.69) is 40.4 Å². The van der Waals surface area contributed by atoms with Crippen LogP contribution in [0, 0.1) is 11.8 Å². The molecule has 0 radical (unpaired) electrons. The van der Waals surface area contributed by atoms with Gasteiger partial charge in [-0.25, -0.2) is 4.79 Å². The number of halogens is 1. The standard InChI is InChI=1S/C23H37N5O.HI/c1-4-19(5-2)20-11-14-28(17-20)22(24-3)25-16-18-9-8-10-21(15-18)26-23(29)27-12-6-7-13-27;/h8-10,15,19-20H,4-7,11-14,16-17H2,1-3H3,(H,24,25)(H,26,29);1H. The molecule has 2 heterocycles. The molecule has 1 aromatic rings. The normalized spacial score (nSPS) is 19.2. The van der Waals surface area contributed by atoms with Crippen LogP contribution in [0.3, 0.4) is 0 Å². The van der Waals surface area contributed by atoms with Gasteiger partial charge in [-0.15, -0.1) is 24.0 Å². The summed E-state index contributed by atoms with van der Waals surface area (Å²) < 4.78 is 0. The summed E-state index contributed by atoms with van der Waals surface area (Å²) in [4.78, 5) is 21.1. The minimum atomic E-state index is 0. The molecular weight excluding hydrogens is 489 g/mol. The van der Waals surface area contributed by atoms with Crippen LogP contribution in [0.4, 0.5) is 10.5 Å². The molecule has 168 valence electrons. The second kappa shape index (κ2) is 12.4. The Balaban J connectivity index is 0.00000320. The number of hydrogen-bond acceptors (Lipinski definition) is 2. The van der Waals surface area contributed by atoms with Crippen molar-refractivity contribution in [2.75, 3.05) is 38.5 Å². The number of urea groups is 1. The summed E-state index contributed by atoms with van der Waals surface area (Å²) in [5.74, 6) is 2.56. The Hall–Kier alpha value is -1.51. The number of rotatable bonds is 6. The van der Waals surface area contributed by atoms with Crippen molar-refractivity contribution in [2.24, 2.45) is 16.8 Å². The molecule has 0 aliphatic carbocycles. The molecule has 2 aliphatic heterocycles. The van der Waals surface area contributed by atoms with Crippen LogP contribution in [-0.2, 0) is 6.54 Å². The zero-order valence-electron chi connectivity index (χ0n) is 18.7. The van der Waals surface area contributed by atoms with E-state index in [1.807, 2.05) is 30.1 Å². The fourth-order valence-corrected chi connectivity index (χ4v) is 4.71. The lowest BCUT2D eigenvalue weighted by atomic mass is 9.87. The Morgan fingerprint density at radius 1 is 1.17 bits per heavy atom. The molecule has 0 spiro atoms. The summed E-state index contributed by atoms with van der Waals surface area (Å²) >= 11 is 0. The number of anilines is 1. The van der Waals surface area contributed by atoms with Gasteiger partial charge >= 0.3 is 6.03 Å². The van der Waals surface area contributed by atoms with Crippen LogP contribution < -0.4 is 10.6 Å². The fraction of sp³-hybridized carbons (Fsp3) is 0.652. The molecule has 1 aromatic carbocycles. The van der Waals surface area contributed by atoms with Crippen LogP contribution in [0.15, 0.2) is 29.3 Å². The summed E-state index contributed by atoms with van der Waals surface area (Å²) in [6.45, 7) is 9.20. The highest BCUT2D eigenvalue weighted by Gasteiger charge is 2.29. The van der Waals surface area contributed by atoms with Crippen molar-refractivity contribution in [1.82, 2.24) is 15.1 Å². The lowest BCUT2D eigenvalue weighted by Crippen LogP contribution is -2.40. The molecule has 1 unspecified atom stereocenters. The van der Waals surface area contributed by atoms with Crippen molar-refractivity contribution in [3.8, 4) is 0 Å². The van der Waals surface area contributed by atoms with E-state index in [9.17, 15) is 4.79 Å². The van der Waals surface area contributed by atoms with Crippen molar-refractivity contribution < 1.29 is 4.79 Å². The topological polar surface area (TPSA) is 60.0 Å². The molecule has 1 atom stereocenters. The van der Waals surface area contributed by atoms with Gasteiger partial charge in [0.1, 0.15) is 0 Å². The molecule has 30 heavy (non-hydrogen) atoms. The van der Waals surface area contributed by atoms with Crippen molar-refractivity contribution in [3.63, 3.8) is 0 Å². The van der Waals surface area contributed by atoms with Gasteiger partial charge in [0.05, 0.1) is 0 Å². The quantitative estimate of drug-likeness (QED) is 0.319. The SMILES string of the molecule is CCC(CC)C1CCN(C(=NC)NCc2cccc(NC(=O)N3CCCC3)c2)C1.I. The first-order valence-corrected chi connectivity index (χ1v) is 11.2. The molecule has 2 aliphatic rings. The third-order valence-corrected chi connectivity index (χ3v) is 6.47. The minimum Gasteiger partial charge on any atom is -0.352 e. The van der Waals surface area contributed by atoms with Gasteiger partial charge in [-0.05, 0) is 48.8 Å². The van der Waals surface area contributed by atoms with Gasteiger partial charge in [-0.1, -0.05) is 38.8 Å². The molecule has 3 rings (SSSR count). The van der Waals surface area contributed by atoms with E-state index in [0.717, 1.165) is 68.1 Å². The molecule has 2 saturated heterocycles. The molecule has 6 nitrogen and oxygen atoms in total. The highest BCUT2D eigenvalue weighted by Crippen LogP contribution is 2.28. The average Bonchev–Trinajstić information content (AvgIpc) is 3.43. The second-order valence-electron chi connectivity index (χ2n) is 8.30. The fourth-order valence-electron chi connectivity index (χ4n) is 4.71. The van der Waals surface area contributed by atoms with Gasteiger partial charge in [-0.3, -0.25) is 4.99 Å². The smallest absolute Gasteiger partial charge is 0.321 e. The average molecular weight is 527 g/mol. The Morgan fingerprint density at radius 2 is 1.90 bits per heavy atom. The third kappa shape index (κ3) is 6.49.